The highest BCUT2D eigenvalue weighted by Crippen LogP contribution is 2.29. The zero-order valence-corrected chi connectivity index (χ0v) is 10.4. The Kier molecular flexibility index (Phi) is 5.10. The highest BCUT2D eigenvalue weighted by Gasteiger charge is 2.31. The van der Waals surface area contributed by atoms with Gasteiger partial charge in [0.05, 0.1) is 5.25 Å². The summed E-state index contributed by atoms with van der Waals surface area (Å²) in [5.41, 5.74) is 0. The average Bonchev–Trinajstić information content (AvgIpc) is 2.27. The van der Waals surface area contributed by atoms with Crippen molar-refractivity contribution in [3.05, 3.63) is 0 Å². The number of hydrogen-bond acceptors (Lipinski definition) is 2. The Balaban J connectivity index is 2.60. The molecule has 14 heavy (non-hydrogen) atoms. The van der Waals surface area contributed by atoms with Gasteiger partial charge in [0, 0.05) is 22.6 Å². The molecule has 0 amide bonds. The molecule has 1 fully saturated rings. The Morgan fingerprint density at radius 3 is 2.57 bits per heavy atom. The zero-order valence-electron chi connectivity index (χ0n) is 9.58. The molecule has 0 bridgehead atoms. The first kappa shape index (κ1) is 12.2. The first-order valence-corrected chi connectivity index (χ1v) is 7.15. The predicted octanol–water partition coefficient (Wildman–Crippen LogP) is 1.92. The Morgan fingerprint density at radius 2 is 2.07 bits per heavy atom. The van der Waals surface area contributed by atoms with E-state index in [2.05, 4.69) is 12.2 Å². The summed E-state index contributed by atoms with van der Waals surface area (Å²) in [5.74, 6) is 1.61. The van der Waals surface area contributed by atoms with Crippen LogP contribution in [0, 0.1) is 5.92 Å². The summed E-state index contributed by atoms with van der Waals surface area (Å²) in [6, 6.07) is 0.485. The third-order valence-corrected chi connectivity index (χ3v) is 5.24. The summed E-state index contributed by atoms with van der Waals surface area (Å²) in [5, 5.41) is 3.71. The van der Waals surface area contributed by atoms with E-state index in [1.54, 1.807) is 0 Å². The van der Waals surface area contributed by atoms with Crippen molar-refractivity contribution >= 4 is 10.8 Å². The highest BCUT2D eigenvalue weighted by molar-refractivity contribution is 7.85. The maximum Gasteiger partial charge on any atom is 0.0503 e. The number of rotatable bonds is 4. The van der Waals surface area contributed by atoms with Gasteiger partial charge in [0.2, 0.25) is 0 Å². The summed E-state index contributed by atoms with van der Waals surface area (Å²) in [6.07, 6.45) is 4.90. The molecule has 0 radical (unpaired) electrons. The van der Waals surface area contributed by atoms with E-state index in [-0.39, 0.29) is 0 Å². The molecular weight excluding hydrogens is 194 g/mol. The van der Waals surface area contributed by atoms with Crippen molar-refractivity contribution in [2.75, 3.05) is 12.8 Å². The lowest BCUT2D eigenvalue weighted by molar-refractivity contribution is 0.301. The fourth-order valence-corrected chi connectivity index (χ4v) is 3.97. The Bertz CT molecular complexity index is 196. The molecule has 0 aliphatic heterocycles. The largest absolute Gasteiger partial charge is 0.316 e. The van der Waals surface area contributed by atoms with Gasteiger partial charge in [-0.25, -0.2) is 0 Å². The molecule has 2 nitrogen and oxygen atoms in total. The van der Waals surface area contributed by atoms with Gasteiger partial charge in [-0.15, -0.1) is 0 Å². The number of hydrogen-bond donors (Lipinski definition) is 1. The van der Waals surface area contributed by atoms with Crippen LogP contribution in [0.1, 0.15) is 39.5 Å². The SMILES string of the molecule is CCC1CCC(NC)C(S(=O)CC)C1. The fraction of sp³-hybridized carbons (Fsp3) is 1.00. The standard InChI is InChI=1S/C11H23NOS/c1-4-9-6-7-10(12-3)11(8-9)14(13)5-2/h9-12H,4-8H2,1-3H3. The van der Waals surface area contributed by atoms with E-state index in [4.69, 9.17) is 0 Å². The predicted molar refractivity (Wildman–Crippen MR) is 63.0 cm³/mol. The van der Waals surface area contributed by atoms with E-state index in [0.717, 1.165) is 18.1 Å². The van der Waals surface area contributed by atoms with Gasteiger partial charge in [-0.2, -0.15) is 0 Å². The van der Waals surface area contributed by atoms with Crippen LogP contribution in [-0.4, -0.2) is 28.3 Å². The van der Waals surface area contributed by atoms with Crippen LogP contribution in [0.3, 0.4) is 0 Å². The summed E-state index contributed by atoms with van der Waals surface area (Å²) < 4.78 is 11.9. The third kappa shape index (κ3) is 2.80. The lowest BCUT2D eigenvalue weighted by Crippen LogP contribution is -2.45. The topological polar surface area (TPSA) is 29.1 Å². The average molecular weight is 217 g/mol. The van der Waals surface area contributed by atoms with E-state index in [1.807, 2.05) is 14.0 Å². The van der Waals surface area contributed by atoms with Crippen molar-refractivity contribution in [2.24, 2.45) is 5.92 Å². The van der Waals surface area contributed by atoms with Gasteiger partial charge in [0.25, 0.3) is 0 Å². The van der Waals surface area contributed by atoms with Gasteiger partial charge < -0.3 is 5.32 Å². The van der Waals surface area contributed by atoms with Crippen LogP contribution in [0.4, 0.5) is 0 Å². The molecule has 0 saturated heterocycles. The zero-order chi connectivity index (χ0) is 10.6. The molecular formula is C11H23NOS. The molecule has 0 aromatic carbocycles. The molecule has 3 heteroatoms. The lowest BCUT2D eigenvalue weighted by atomic mass is 9.84. The molecule has 1 aliphatic rings. The van der Waals surface area contributed by atoms with E-state index in [9.17, 15) is 4.21 Å². The third-order valence-electron chi connectivity index (χ3n) is 3.47. The first-order chi connectivity index (χ1) is 6.72. The van der Waals surface area contributed by atoms with Crippen LogP contribution < -0.4 is 5.32 Å². The Labute approximate surface area is 90.3 Å². The molecule has 0 aromatic rings. The molecule has 4 unspecified atom stereocenters. The summed E-state index contributed by atoms with van der Waals surface area (Å²) in [4.78, 5) is 0. The van der Waals surface area contributed by atoms with Gasteiger partial charge in [0.1, 0.15) is 0 Å². The summed E-state index contributed by atoms with van der Waals surface area (Å²) in [7, 11) is 1.37. The van der Waals surface area contributed by atoms with Crippen LogP contribution in [-0.2, 0) is 10.8 Å². The molecule has 1 saturated carbocycles. The highest BCUT2D eigenvalue weighted by atomic mass is 32.2. The van der Waals surface area contributed by atoms with Gasteiger partial charge in [0.15, 0.2) is 0 Å². The van der Waals surface area contributed by atoms with Crippen LogP contribution in [0.5, 0.6) is 0 Å². The van der Waals surface area contributed by atoms with Crippen molar-refractivity contribution < 1.29 is 4.21 Å². The molecule has 1 N–H and O–H groups in total. The van der Waals surface area contributed by atoms with Crippen LogP contribution in [0.15, 0.2) is 0 Å². The minimum absolute atomic E-state index is 0.392. The second-order valence-electron chi connectivity index (χ2n) is 4.19. The molecule has 0 aromatic heterocycles. The van der Waals surface area contributed by atoms with E-state index >= 15 is 0 Å². The van der Waals surface area contributed by atoms with Crippen molar-refractivity contribution in [1.29, 1.82) is 0 Å². The van der Waals surface area contributed by atoms with Gasteiger partial charge in [-0.1, -0.05) is 20.3 Å². The lowest BCUT2D eigenvalue weighted by Gasteiger charge is -2.35. The molecule has 84 valence electrons. The maximum absolute atomic E-state index is 11.9. The maximum atomic E-state index is 11.9. The summed E-state index contributed by atoms with van der Waals surface area (Å²) >= 11 is 0. The van der Waals surface area contributed by atoms with Crippen LogP contribution >= 0.6 is 0 Å². The van der Waals surface area contributed by atoms with Crippen molar-refractivity contribution in [3.63, 3.8) is 0 Å². The second-order valence-corrected chi connectivity index (χ2v) is 6.13. The van der Waals surface area contributed by atoms with E-state index < -0.39 is 10.8 Å². The van der Waals surface area contributed by atoms with Crippen molar-refractivity contribution in [3.8, 4) is 0 Å². The Hall–Kier alpha value is 0.110. The van der Waals surface area contributed by atoms with Crippen LogP contribution in [0.25, 0.3) is 0 Å². The van der Waals surface area contributed by atoms with E-state index in [1.165, 1.54) is 19.3 Å². The van der Waals surface area contributed by atoms with Crippen molar-refractivity contribution in [1.82, 2.24) is 5.32 Å². The first-order valence-electron chi connectivity index (χ1n) is 5.77. The monoisotopic (exact) mass is 217 g/mol. The fourth-order valence-electron chi connectivity index (χ4n) is 2.42. The second kappa shape index (κ2) is 5.86. The Morgan fingerprint density at radius 1 is 1.36 bits per heavy atom. The minimum Gasteiger partial charge on any atom is -0.316 e. The van der Waals surface area contributed by atoms with Gasteiger partial charge in [-0.3, -0.25) is 4.21 Å². The molecule has 0 spiro atoms. The van der Waals surface area contributed by atoms with Crippen molar-refractivity contribution in [2.45, 2.75) is 50.8 Å². The minimum atomic E-state index is -0.628. The van der Waals surface area contributed by atoms with Gasteiger partial charge >= 0.3 is 0 Å². The van der Waals surface area contributed by atoms with E-state index in [0.29, 0.717) is 11.3 Å². The quantitative estimate of drug-likeness (QED) is 0.779. The van der Waals surface area contributed by atoms with Crippen LogP contribution in [0.2, 0.25) is 0 Å². The number of nitrogens with one attached hydrogen (secondary N) is 1. The molecule has 1 aliphatic carbocycles. The molecule has 4 atom stereocenters. The smallest absolute Gasteiger partial charge is 0.0503 e. The normalized spacial score (nSPS) is 35.5. The molecule has 0 heterocycles. The molecule has 1 rings (SSSR count). The summed E-state index contributed by atoms with van der Waals surface area (Å²) in [6.45, 7) is 4.27. The van der Waals surface area contributed by atoms with Gasteiger partial charge in [-0.05, 0) is 32.2 Å².